The second kappa shape index (κ2) is 4.65. The molecule has 0 aliphatic rings. The third kappa shape index (κ3) is 2.35. The topological polar surface area (TPSA) is 68.8 Å². The SMILES string of the molecule is Cc1cnc(C(NN)c2cnn(C)c2)c(C)c1. The second-order valence-corrected chi connectivity index (χ2v) is 4.26. The van der Waals surface area contributed by atoms with Crippen LogP contribution in [0.5, 0.6) is 0 Å². The van der Waals surface area contributed by atoms with Crippen LogP contribution in [-0.4, -0.2) is 14.8 Å². The lowest BCUT2D eigenvalue weighted by Crippen LogP contribution is -2.30. The monoisotopic (exact) mass is 231 g/mol. The quantitative estimate of drug-likeness (QED) is 0.610. The average molecular weight is 231 g/mol. The van der Waals surface area contributed by atoms with Gasteiger partial charge in [-0.1, -0.05) is 6.07 Å². The van der Waals surface area contributed by atoms with Crippen molar-refractivity contribution in [1.82, 2.24) is 20.2 Å². The van der Waals surface area contributed by atoms with E-state index in [4.69, 9.17) is 5.84 Å². The normalized spacial score (nSPS) is 12.7. The molecule has 2 heterocycles. The van der Waals surface area contributed by atoms with Crippen LogP contribution in [0.25, 0.3) is 0 Å². The predicted octanol–water partition coefficient (Wildman–Crippen LogP) is 0.985. The molecule has 0 aromatic carbocycles. The summed E-state index contributed by atoms with van der Waals surface area (Å²) in [5.74, 6) is 5.63. The van der Waals surface area contributed by atoms with Crippen molar-refractivity contribution in [3.8, 4) is 0 Å². The summed E-state index contributed by atoms with van der Waals surface area (Å²) in [6.45, 7) is 4.06. The molecule has 0 aliphatic carbocycles. The number of nitrogens with two attached hydrogens (primary N) is 1. The minimum Gasteiger partial charge on any atom is -0.275 e. The second-order valence-electron chi connectivity index (χ2n) is 4.26. The van der Waals surface area contributed by atoms with Gasteiger partial charge in [0.25, 0.3) is 0 Å². The highest BCUT2D eigenvalue weighted by Crippen LogP contribution is 2.22. The van der Waals surface area contributed by atoms with E-state index in [1.165, 1.54) is 0 Å². The van der Waals surface area contributed by atoms with Crippen molar-refractivity contribution in [2.45, 2.75) is 19.9 Å². The van der Waals surface area contributed by atoms with E-state index in [9.17, 15) is 0 Å². The maximum absolute atomic E-state index is 5.63. The first kappa shape index (κ1) is 11.8. The van der Waals surface area contributed by atoms with Crippen molar-refractivity contribution >= 4 is 0 Å². The fraction of sp³-hybridized carbons (Fsp3) is 0.333. The molecular weight excluding hydrogens is 214 g/mol. The molecule has 90 valence electrons. The van der Waals surface area contributed by atoms with Gasteiger partial charge in [0.05, 0.1) is 17.9 Å². The number of nitrogens with one attached hydrogen (secondary N) is 1. The van der Waals surface area contributed by atoms with Crippen molar-refractivity contribution in [2.75, 3.05) is 0 Å². The molecule has 2 aromatic rings. The van der Waals surface area contributed by atoms with Crippen molar-refractivity contribution in [2.24, 2.45) is 12.9 Å². The van der Waals surface area contributed by atoms with E-state index in [0.29, 0.717) is 0 Å². The van der Waals surface area contributed by atoms with Crippen LogP contribution in [0.1, 0.15) is 28.4 Å². The van der Waals surface area contributed by atoms with Gasteiger partial charge in [-0.15, -0.1) is 0 Å². The molecule has 0 saturated heterocycles. The molecule has 5 nitrogen and oxygen atoms in total. The smallest absolute Gasteiger partial charge is 0.0914 e. The predicted molar refractivity (Wildman–Crippen MR) is 66.1 cm³/mol. The first-order valence-corrected chi connectivity index (χ1v) is 5.49. The molecule has 0 aliphatic heterocycles. The molecule has 0 saturated carbocycles. The number of hydrogen-bond donors (Lipinski definition) is 2. The van der Waals surface area contributed by atoms with Crippen LogP contribution in [0.3, 0.4) is 0 Å². The van der Waals surface area contributed by atoms with Crippen LogP contribution in [0, 0.1) is 13.8 Å². The highest BCUT2D eigenvalue weighted by molar-refractivity contribution is 5.31. The summed E-state index contributed by atoms with van der Waals surface area (Å²) in [7, 11) is 1.88. The first-order valence-electron chi connectivity index (χ1n) is 5.49. The molecule has 5 heteroatoms. The summed E-state index contributed by atoms with van der Waals surface area (Å²) in [5, 5.41) is 4.15. The molecule has 2 rings (SSSR count). The van der Waals surface area contributed by atoms with Gasteiger partial charge in [0.1, 0.15) is 0 Å². The van der Waals surface area contributed by atoms with Crippen LogP contribution in [0.2, 0.25) is 0 Å². The molecule has 1 atom stereocenters. The summed E-state index contributed by atoms with van der Waals surface area (Å²) < 4.78 is 1.75. The summed E-state index contributed by atoms with van der Waals surface area (Å²) >= 11 is 0. The van der Waals surface area contributed by atoms with Gasteiger partial charge in [0, 0.05) is 25.0 Å². The van der Waals surface area contributed by atoms with E-state index in [1.807, 2.05) is 33.3 Å². The molecule has 3 N–H and O–H groups in total. The molecule has 2 aromatic heterocycles. The Bertz CT molecular complexity index is 517. The van der Waals surface area contributed by atoms with E-state index in [-0.39, 0.29) is 6.04 Å². The van der Waals surface area contributed by atoms with Gasteiger partial charge in [0.2, 0.25) is 0 Å². The lowest BCUT2D eigenvalue weighted by Gasteiger charge is -2.16. The zero-order valence-corrected chi connectivity index (χ0v) is 10.3. The lowest BCUT2D eigenvalue weighted by molar-refractivity contribution is 0.615. The fourth-order valence-electron chi connectivity index (χ4n) is 1.95. The molecule has 17 heavy (non-hydrogen) atoms. The van der Waals surface area contributed by atoms with Gasteiger partial charge in [0.15, 0.2) is 0 Å². The Morgan fingerprint density at radius 1 is 1.35 bits per heavy atom. The fourth-order valence-corrected chi connectivity index (χ4v) is 1.95. The van der Waals surface area contributed by atoms with Gasteiger partial charge in [-0.3, -0.25) is 15.5 Å². The van der Waals surface area contributed by atoms with Gasteiger partial charge < -0.3 is 0 Å². The summed E-state index contributed by atoms with van der Waals surface area (Å²) in [6, 6.07) is 1.98. The van der Waals surface area contributed by atoms with E-state index in [1.54, 1.807) is 10.9 Å². The molecule has 0 radical (unpaired) electrons. The van der Waals surface area contributed by atoms with Crippen LogP contribution in [-0.2, 0) is 7.05 Å². The zero-order chi connectivity index (χ0) is 12.4. The number of aromatic nitrogens is 3. The lowest BCUT2D eigenvalue weighted by atomic mass is 10.0. The maximum atomic E-state index is 5.63. The molecule has 0 fully saturated rings. The Morgan fingerprint density at radius 3 is 2.65 bits per heavy atom. The maximum Gasteiger partial charge on any atom is 0.0914 e. The largest absolute Gasteiger partial charge is 0.275 e. The Balaban J connectivity index is 2.42. The van der Waals surface area contributed by atoms with Crippen LogP contribution < -0.4 is 11.3 Å². The van der Waals surface area contributed by atoms with Crippen LogP contribution in [0.4, 0.5) is 0 Å². The average Bonchev–Trinajstić information content (AvgIpc) is 2.69. The van der Waals surface area contributed by atoms with E-state index < -0.39 is 0 Å². The van der Waals surface area contributed by atoms with Gasteiger partial charge in [-0.05, 0) is 25.0 Å². The van der Waals surface area contributed by atoms with Crippen molar-refractivity contribution in [1.29, 1.82) is 0 Å². The molecule has 0 spiro atoms. The number of hydrazine groups is 1. The third-order valence-corrected chi connectivity index (χ3v) is 2.75. The minimum atomic E-state index is -0.121. The summed E-state index contributed by atoms with van der Waals surface area (Å²) in [6.07, 6.45) is 5.58. The van der Waals surface area contributed by atoms with Gasteiger partial charge >= 0.3 is 0 Å². The van der Waals surface area contributed by atoms with Crippen LogP contribution in [0.15, 0.2) is 24.7 Å². The zero-order valence-electron chi connectivity index (χ0n) is 10.3. The number of rotatable bonds is 3. The highest BCUT2D eigenvalue weighted by atomic mass is 15.3. The molecular formula is C12H17N5. The molecule has 0 amide bonds. The Morgan fingerprint density at radius 2 is 2.12 bits per heavy atom. The van der Waals surface area contributed by atoms with E-state index in [2.05, 4.69) is 21.6 Å². The minimum absolute atomic E-state index is 0.121. The number of hydrogen-bond acceptors (Lipinski definition) is 4. The Kier molecular flexibility index (Phi) is 3.21. The number of nitrogens with zero attached hydrogens (tertiary/aromatic N) is 3. The van der Waals surface area contributed by atoms with Gasteiger partial charge in [-0.25, -0.2) is 5.43 Å². The molecule has 0 bridgehead atoms. The number of aryl methyl sites for hydroxylation is 3. The highest BCUT2D eigenvalue weighted by Gasteiger charge is 2.17. The van der Waals surface area contributed by atoms with E-state index in [0.717, 1.165) is 22.4 Å². The Labute approximate surface area is 101 Å². The van der Waals surface area contributed by atoms with E-state index >= 15 is 0 Å². The van der Waals surface area contributed by atoms with Crippen molar-refractivity contribution < 1.29 is 0 Å². The Hall–Kier alpha value is -1.72. The number of pyridine rings is 1. The standard InChI is InChI=1S/C12H17N5/c1-8-4-9(2)11(14-5-8)12(16-13)10-6-15-17(3)7-10/h4-7,12,16H,13H2,1-3H3. The van der Waals surface area contributed by atoms with Crippen LogP contribution >= 0.6 is 0 Å². The van der Waals surface area contributed by atoms with Crippen molar-refractivity contribution in [3.63, 3.8) is 0 Å². The summed E-state index contributed by atoms with van der Waals surface area (Å²) in [4.78, 5) is 4.46. The van der Waals surface area contributed by atoms with Gasteiger partial charge in [-0.2, -0.15) is 5.10 Å². The first-order chi connectivity index (χ1) is 8.11. The summed E-state index contributed by atoms with van der Waals surface area (Å²) in [5.41, 5.74) is 7.01. The molecule has 1 unspecified atom stereocenters. The van der Waals surface area contributed by atoms with Crippen molar-refractivity contribution in [3.05, 3.63) is 47.0 Å². The third-order valence-electron chi connectivity index (χ3n) is 2.75.